The number of hydrogen-bond acceptors (Lipinski definition) is 1. The van der Waals surface area contributed by atoms with E-state index in [1.165, 1.54) is 36.0 Å². The van der Waals surface area contributed by atoms with Crippen molar-refractivity contribution in [3.8, 4) is 0 Å². The fourth-order valence-corrected chi connectivity index (χ4v) is 2.80. The van der Waals surface area contributed by atoms with E-state index in [0.29, 0.717) is 6.04 Å². The third kappa shape index (κ3) is 3.29. The second-order valence-electron chi connectivity index (χ2n) is 5.89. The normalized spacial score (nSPS) is 16.1. The summed E-state index contributed by atoms with van der Waals surface area (Å²) in [7, 11) is 0. The standard InChI is InChI=1S/C19H23N/c1-15-7-5-6-10-18(15)19(17-8-3-2-4-9-17)20-14-13-16-11-12-16/h2-10,16,19-20H,11-14H2,1H3. The molecule has 1 atom stereocenters. The molecule has 0 saturated heterocycles. The third-order valence-electron chi connectivity index (χ3n) is 4.23. The van der Waals surface area contributed by atoms with E-state index >= 15 is 0 Å². The van der Waals surface area contributed by atoms with Crippen molar-refractivity contribution in [1.29, 1.82) is 0 Å². The van der Waals surface area contributed by atoms with Crippen molar-refractivity contribution in [2.24, 2.45) is 5.92 Å². The van der Waals surface area contributed by atoms with Crippen LogP contribution in [-0.2, 0) is 0 Å². The van der Waals surface area contributed by atoms with Crippen LogP contribution in [0.3, 0.4) is 0 Å². The van der Waals surface area contributed by atoms with Crippen LogP contribution in [0.25, 0.3) is 0 Å². The topological polar surface area (TPSA) is 12.0 Å². The largest absolute Gasteiger partial charge is 0.306 e. The highest BCUT2D eigenvalue weighted by Crippen LogP contribution is 2.32. The summed E-state index contributed by atoms with van der Waals surface area (Å²) in [6.45, 7) is 3.31. The lowest BCUT2D eigenvalue weighted by Gasteiger charge is -2.21. The number of aryl methyl sites for hydroxylation is 1. The van der Waals surface area contributed by atoms with Gasteiger partial charge in [-0.25, -0.2) is 0 Å². The van der Waals surface area contributed by atoms with Crippen molar-refractivity contribution in [2.45, 2.75) is 32.2 Å². The van der Waals surface area contributed by atoms with Crippen LogP contribution in [0, 0.1) is 12.8 Å². The SMILES string of the molecule is Cc1ccccc1C(NCCC1CC1)c1ccccc1. The summed E-state index contributed by atoms with van der Waals surface area (Å²) in [5, 5.41) is 3.76. The van der Waals surface area contributed by atoms with Gasteiger partial charge in [0.05, 0.1) is 6.04 Å². The Morgan fingerprint density at radius 2 is 1.70 bits per heavy atom. The van der Waals surface area contributed by atoms with E-state index in [0.717, 1.165) is 12.5 Å². The molecule has 1 nitrogen and oxygen atoms in total. The number of rotatable bonds is 6. The predicted molar refractivity (Wildman–Crippen MR) is 84.8 cm³/mol. The van der Waals surface area contributed by atoms with Crippen molar-refractivity contribution in [3.05, 3.63) is 71.3 Å². The van der Waals surface area contributed by atoms with Crippen LogP contribution in [0.15, 0.2) is 54.6 Å². The van der Waals surface area contributed by atoms with Crippen LogP contribution in [0.5, 0.6) is 0 Å². The number of nitrogens with one attached hydrogen (secondary N) is 1. The minimum Gasteiger partial charge on any atom is -0.306 e. The van der Waals surface area contributed by atoms with Crippen molar-refractivity contribution < 1.29 is 0 Å². The lowest BCUT2D eigenvalue weighted by Crippen LogP contribution is -2.24. The van der Waals surface area contributed by atoms with Gasteiger partial charge in [0.25, 0.3) is 0 Å². The molecule has 1 heteroatoms. The Labute approximate surface area is 122 Å². The molecule has 20 heavy (non-hydrogen) atoms. The zero-order chi connectivity index (χ0) is 13.8. The van der Waals surface area contributed by atoms with Crippen LogP contribution in [0.2, 0.25) is 0 Å². The van der Waals surface area contributed by atoms with Crippen LogP contribution < -0.4 is 5.32 Å². The molecule has 0 aliphatic heterocycles. The lowest BCUT2D eigenvalue weighted by molar-refractivity contribution is 0.559. The number of benzene rings is 2. The summed E-state index contributed by atoms with van der Waals surface area (Å²) in [5.74, 6) is 0.982. The maximum absolute atomic E-state index is 3.76. The van der Waals surface area contributed by atoms with Gasteiger partial charge in [0.1, 0.15) is 0 Å². The van der Waals surface area contributed by atoms with E-state index in [1.54, 1.807) is 0 Å². The van der Waals surface area contributed by atoms with Crippen LogP contribution in [0.1, 0.15) is 42.0 Å². The molecule has 1 aliphatic carbocycles. The molecule has 0 heterocycles. The fourth-order valence-electron chi connectivity index (χ4n) is 2.80. The van der Waals surface area contributed by atoms with Crippen LogP contribution >= 0.6 is 0 Å². The van der Waals surface area contributed by atoms with Crippen molar-refractivity contribution in [2.75, 3.05) is 6.54 Å². The predicted octanol–water partition coefficient (Wildman–Crippen LogP) is 4.47. The van der Waals surface area contributed by atoms with Crippen molar-refractivity contribution in [1.82, 2.24) is 5.32 Å². The summed E-state index contributed by atoms with van der Waals surface area (Å²) in [6, 6.07) is 19.8. The molecule has 2 aromatic rings. The van der Waals surface area contributed by atoms with Crippen molar-refractivity contribution >= 4 is 0 Å². The van der Waals surface area contributed by atoms with Gasteiger partial charge < -0.3 is 5.32 Å². The Balaban J connectivity index is 1.80. The molecule has 1 unspecified atom stereocenters. The molecule has 104 valence electrons. The van der Waals surface area contributed by atoms with E-state index in [4.69, 9.17) is 0 Å². The van der Waals surface area contributed by atoms with Gasteiger partial charge in [-0.1, -0.05) is 67.4 Å². The van der Waals surface area contributed by atoms with E-state index in [-0.39, 0.29) is 0 Å². The molecule has 0 amide bonds. The van der Waals surface area contributed by atoms with Crippen LogP contribution in [-0.4, -0.2) is 6.54 Å². The summed E-state index contributed by atoms with van der Waals surface area (Å²) >= 11 is 0. The molecular formula is C19H23N. The first-order chi connectivity index (χ1) is 9.84. The first-order valence-corrected chi connectivity index (χ1v) is 7.68. The maximum atomic E-state index is 3.76. The molecule has 1 aliphatic rings. The monoisotopic (exact) mass is 265 g/mol. The minimum atomic E-state index is 0.316. The minimum absolute atomic E-state index is 0.316. The van der Waals surface area contributed by atoms with E-state index < -0.39 is 0 Å². The highest BCUT2D eigenvalue weighted by Gasteiger charge is 2.21. The quantitative estimate of drug-likeness (QED) is 0.812. The third-order valence-corrected chi connectivity index (χ3v) is 4.23. The first kappa shape index (κ1) is 13.4. The highest BCUT2D eigenvalue weighted by molar-refractivity contribution is 5.36. The zero-order valence-corrected chi connectivity index (χ0v) is 12.2. The Morgan fingerprint density at radius 3 is 2.40 bits per heavy atom. The van der Waals surface area contributed by atoms with Gasteiger partial charge in [-0.3, -0.25) is 0 Å². The Hall–Kier alpha value is -1.60. The van der Waals surface area contributed by atoms with Gasteiger partial charge in [-0.2, -0.15) is 0 Å². The van der Waals surface area contributed by atoms with E-state index in [9.17, 15) is 0 Å². The summed E-state index contributed by atoms with van der Waals surface area (Å²) < 4.78 is 0. The highest BCUT2D eigenvalue weighted by atomic mass is 14.9. The summed E-state index contributed by atoms with van der Waals surface area (Å²) in [6.07, 6.45) is 4.18. The second-order valence-corrected chi connectivity index (χ2v) is 5.89. The lowest BCUT2D eigenvalue weighted by atomic mass is 9.95. The molecule has 3 rings (SSSR count). The molecule has 0 spiro atoms. The van der Waals surface area contributed by atoms with Gasteiger partial charge in [-0.15, -0.1) is 0 Å². The zero-order valence-electron chi connectivity index (χ0n) is 12.2. The molecular weight excluding hydrogens is 242 g/mol. The van der Waals surface area contributed by atoms with E-state index in [2.05, 4.69) is 66.8 Å². The molecule has 1 saturated carbocycles. The average Bonchev–Trinajstić information content (AvgIpc) is 3.30. The molecule has 0 radical (unpaired) electrons. The first-order valence-electron chi connectivity index (χ1n) is 7.68. The Bertz CT molecular complexity index is 543. The van der Waals surface area contributed by atoms with Crippen molar-refractivity contribution in [3.63, 3.8) is 0 Å². The van der Waals surface area contributed by atoms with Crippen LogP contribution in [0.4, 0.5) is 0 Å². The van der Waals surface area contributed by atoms with Gasteiger partial charge >= 0.3 is 0 Å². The average molecular weight is 265 g/mol. The Kier molecular flexibility index (Phi) is 4.17. The molecule has 0 aromatic heterocycles. The summed E-state index contributed by atoms with van der Waals surface area (Å²) in [4.78, 5) is 0. The van der Waals surface area contributed by atoms with Gasteiger partial charge in [0.15, 0.2) is 0 Å². The second kappa shape index (κ2) is 6.23. The molecule has 1 fully saturated rings. The molecule has 0 bridgehead atoms. The smallest absolute Gasteiger partial charge is 0.0579 e. The van der Waals surface area contributed by atoms with Gasteiger partial charge in [0, 0.05) is 0 Å². The van der Waals surface area contributed by atoms with E-state index in [1.807, 2.05) is 0 Å². The summed E-state index contributed by atoms with van der Waals surface area (Å²) in [5.41, 5.74) is 4.12. The van der Waals surface area contributed by atoms with Gasteiger partial charge in [-0.05, 0) is 42.5 Å². The fraction of sp³-hybridized carbons (Fsp3) is 0.368. The Morgan fingerprint density at radius 1 is 1.00 bits per heavy atom. The molecule has 2 aromatic carbocycles. The van der Waals surface area contributed by atoms with Gasteiger partial charge in [0.2, 0.25) is 0 Å². The number of hydrogen-bond donors (Lipinski definition) is 1. The molecule has 1 N–H and O–H groups in total. The maximum Gasteiger partial charge on any atom is 0.0579 e.